The van der Waals surface area contributed by atoms with Crippen LogP contribution in [0.15, 0.2) is 77.9 Å². The molecule has 0 saturated carbocycles. The van der Waals surface area contributed by atoms with Crippen molar-refractivity contribution in [2.75, 3.05) is 11.9 Å². The van der Waals surface area contributed by atoms with E-state index in [0.29, 0.717) is 22.0 Å². The van der Waals surface area contributed by atoms with Crippen molar-refractivity contribution in [3.05, 3.63) is 94.5 Å². The molecule has 0 aliphatic carbocycles. The van der Waals surface area contributed by atoms with Crippen molar-refractivity contribution in [2.24, 2.45) is 5.10 Å². The molecule has 174 valence electrons. The third-order valence-corrected chi connectivity index (χ3v) is 4.87. The van der Waals surface area contributed by atoms with Crippen molar-refractivity contribution >= 4 is 41.2 Å². The summed E-state index contributed by atoms with van der Waals surface area (Å²) < 4.78 is 5.50. The third kappa shape index (κ3) is 7.75. The Balaban J connectivity index is 1.44. The number of carbonyl (C=O) groups is 3. The van der Waals surface area contributed by atoms with Crippen LogP contribution in [-0.2, 0) is 20.9 Å². The molecule has 34 heavy (non-hydrogen) atoms. The highest BCUT2D eigenvalue weighted by molar-refractivity contribution is 6.35. The van der Waals surface area contributed by atoms with E-state index in [0.717, 1.165) is 11.1 Å². The number of aryl methyl sites for hydroxylation is 1. The first kappa shape index (κ1) is 24.5. The maximum Gasteiger partial charge on any atom is 0.329 e. The monoisotopic (exact) mass is 478 g/mol. The molecule has 3 N–H and O–H groups in total. The number of hydrogen-bond donors (Lipinski definition) is 3. The molecule has 3 rings (SSSR count). The number of rotatable bonds is 8. The van der Waals surface area contributed by atoms with Crippen molar-refractivity contribution < 1.29 is 19.1 Å². The first-order valence-electron chi connectivity index (χ1n) is 10.3. The molecule has 3 amide bonds. The van der Waals surface area contributed by atoms with E-state index in [2.05, 4.69) is 21.2 Å². The number of ether oxygens (including phenoxy) is 1. The molecule has 0 unspecified atom stereocenters. The van der Waals surface area contributed by atoms with Gasteiger partial charge in [0, 0.05) is 6.54 Å². The minimum atomic E-state index is -0.882. The zero-order chi connectivity index (χ0) is 24.3. The fraction of sp³-hybridized carbons (Fsp3) is 0.120. The summed E-state index contributed by atoms with van der Waals surface area (Å²) in [6, 6.07) is 21.2. The molecular formula is C25H23ClN4O4. The summed E-state index contributed by atoms with van der Waals surface area (Å²) in [5.74, 6) is -1.61. The standard InChI is InChI=1S/C25H23ClN4O4/c1-17-9-11-18(12-10-17)14-27-24(32)25(33)30-28-15-19-5-4-6-20(13-19)34-16-23(31)29-22-8-3-2-7-21(22)26/h2-13,15H,14,16H2,1H3,(H,27,32)(H,29,31)(H,30,33)/b28-15-. The van der Waals surface area contributed by atoms with Crippen molar-refractivity contribution in [3.63, 3.8) is 0 Å². The molecular weight excluding hydrogens is 456 g/mol. The van der Waals surface area contributed by atoms with Gasteiger partial charge >= 0.3 is 11.8 Å². The Labute approximate surface area is 202 Å². The summed E-state index contributed by atoms with van der Waals surface area (Å²) in [7, 11) is 0. The van der Waals surface area contributed by atoms with Gasteiger partial charge in [-0.1, -0.05) is 65.7 Å². The summed E-state index contributed by atoms with van der Waals surface area (Å²) >= 11 is 6.02. The van der Waals surface area contributed by atoms with Crippen LogP contribution in [0.3, 0.4) is 0 Å². The normalized spacial score (nSPS) is 10.5. The van der Waals surface area contributed by atoms with Gasteiger partial charge in [-0.15, -0.1) is 0 Å². The fourth-order valence-corrected chi connectivity index (χ4v) is 2.95. The van der Waals surface area contributed by atoms with Crippen molar-refractivity contribution in [1.82, 2.24) is 10.7 Å². The van der Waals surface area contributed by atoms with Gasteiger partial charge in [-0.2, -0.15) is 5.10 Å². The van der Waals surface area contributed by atoms with Crippen LogP contribution in [0.25, 0.3) is 0 Å². The number of para-hydroxylation sites is 1. The number of anilines is 1. The molecule has 0 saturated heterocycles. The van der Waals surface area contributed by atoms with Gasteiger partial charge in [-0.25, -0.2) is 5.43 Å². The maximum atomic E-state index is 12.1. The second-order valence-corrected chi connectivity index (χ2v) is 7.66. The van der Waals surface area contributed by atoms with Crippen LogP contribution in [0, 0.1) is 6.92 Å². The van der Waals surface area contributed by atoms with E-state index in [1.165, 1.54) is 6.21 Å². The minimum absolute atomic E-state index is 0.219. The maximum absolute atomic E-state index is 12.1. The zero-order valence-electron chi connectivity index (χ0n) is 18.4. The molecule has 0 aliphatic heterocycles. The van der Waals surface area contributed by atoms with Gasteiger partial charge in [-0.05, 0) is 42.3 Å². The Bertz CT molecular complexity index is 1200. The number of carbonyl (C=O) groups excluding carboxylic acids is 3. The zero-order valence-corrected chi connectivity index (χ0v) is 19.1. The Hall–Kier alpha value is -4.17. The van der Waals surface area contributed by atoms with Crippen LogP contribution in [0.1, 0.15) is 16.7 Å². The topological polar surface area (TPSA) is 109 Å². The first-order valence-corrected chi connectivity index (χ1v) is 10.7. The molecule has 0 aliphatic rings. The summed E-state index contributed by atoms with van der Waals surface area (Å²) in [5.41, 5.74) is 5.27. The largest absolute Gasteiger partial charge is 0.484 e. The molecule has 0 radical (unpaired) electrons. The Morgan fingerprint density at radius 1 is 0.971 bits per heavy atom. The number of amides is 3. The molecule has 0 aromatic heterocycles. The highest BCUT2D eigenvalue weighted by atomic mass is 35.5. The number of hydrogen-bond acceptors (Lipinski definition) is 5. The van der Waals surface area contributed by atoms with Gasteiger partial charge < -0.3 is 15.4 Å². The van der Waals surface area contributed by atoms with E-state index >= 15 is 0 Å². The highest BCUT2D eigenvalue weighted by Gasteiger charge is 2.12. The van der Waals surface area contributed by atoms with Crippen molar-refractivity contribution in [1.29, 1.82) is 0 Å². The quantitative estimate of drug-likeness (QED) is 0.262. The lowest BCUT2D eigenvalue weighted by atomic mass is 10.1. The van der Waals surface area contributed by atoms with Crippen molar-refractivity contribution in [2.45, 2.75) is 13.5 Å². The van der Waals surface area contributed by atoms with E-state index in [9.17, 15) is 14.4 Å². The summed E-state index contributed by atoms with van der Waals surface area (Å²) in [4.78, 5) is 35.9. The third-order valence-electron chi connectivity index (χ3n) is 4.54. The van der Waals surface area contributed by atoms with Gasteiger partial charge in [-0.3, -0.25) is 14.4 Å². The summed E-state index contributed by atoms with van der Waals surface area (Å²) in [5, 5.41) is 9.43. The lowest BCUT2D eigenvalue weighted by molar-refractivity contribution is -0.139. The van der Waals surface area contributed by atoms with Crippen LogP contribution < -0.4 is 20.8 Å². The summed E-state index contributed by atoms with van der Waals surface area (Å²) in [6.07, 6.45) is 1.36. The van der Waals surface area contributed by atoms with E-state index in [1.54, 1.807) is 48.5 Å². The smallest absolute Gasteiger partial charge is 0.329 e. The molecule has 9 heteroatoms. The Kier molecular flexibility index (Phi) is 8.76. The molecule has 0 bridgehead atoms. The average Bonchev–Trinajstić information content (AvgIpc) is 2.84. The molecule has 3 aromatic carbocycles. The average molecular weight is 479 g/mol. The Morgan fingerprint density at radius 3 is 2.50 bits per heavy atom. The molecule has 0 heterocycles. The lowest BCUT2D eigenvalue weighted by Gasteiger charge is -2.09. The van der Waals surface area contributed by atoms with Gasteiger partial charge in [0.15, 0.2) is 6.61 Å². The van der Waals surface area contributed by atoms with E-state index in [-0.39, 0.29) is 19.1 Å². The van der Waals surface area contributed by atoms with E-state index in [4.69, 9.17) is 16.3 Å². The fourth-order valence-electron chi connectivity index (χ4n) is 2.77. The molecule has 8 nitrogen and oxygen atoms in total. The predicted octanol–water partition coefficient (Wildman–Crippen LogP) is 3.43. The number of nitrogens with one attached hydrogen (secondary N) is 3. The SMILES string of the molecule is Cc1ccc(CNC(=O)C(=O)N/N=C\c2cccc(OCC(=O)Nc3ccccc3Cl)c2)cc1. The van der Waals surface area contributed by atoms with E-state index < -0.39 is 11.8 Å². The van der Waals surface area contributed by atoms with Crippen LogP contribution in [0.4, 0.5) is 5.69 Å². The predicted molar refractivity (Wildman–Crippen MR) is 131 cm³/mol. The van der Waals surface area contributed by atoms with Gasteiger partial charge in [0.2, 0.25) is 0 Å². The second-order valence-electron chi connectivity index (χ2n) is 7.26. The first-order chi connectivity index (χ1) is 16.4. The lowest BCUT2D eigenvalue weighted by Crippen LogP contribution is -2.37. The number of hydrazone groups is 1. The second kappa shape index (κ2) is 12.2. The number of benzene rings is 3. The van der Waals surface area contributed by atoms with Crippen LogP contribution in [-0.4, -0.2) is 30.5 Å². The number of nitrogens with zero attached hydrogens (tertiary/aromatic N) is 1. The van der Waals surface area contributed by atoms with Crippen LogP contribution in [0.2, 0.25) is 5.02 Å². The summed E-state index contributed by atoms with van der Waals surface area (Å²) in [6.45, 7) is 1.98. The van der Waals surface area contributed by atoms with Crippen LogP contribution in [0.5, 0.6) is 5.75 Å². The van der Waals surface area contributed by atoms with Crippen molar-refractivity contribution in [3.8, 4) is 5.75 Å². The van der Waals surface area contributed by atoms with E-state index in [1.807, 2.05) is 31.2 Å². The molecule has 0 fully saturated rings. The molecule has 0 atom stereocenters. The minimum Gasteiger partial charge on any atom is -0.484 e. The number of halogens is 1. The Morgan fingerprint density at radius 2 is 1.74 bits per heavy atom. The van der Waals surface area contributed by atoms with Gasteiger partial charge in [0.1, 0.15) is 5.75 Å². The molecule has 3 aromatic rings. The molecule has 0 spiro atoms. The van der Waals surface area contributed by atoms with Gasteiger partial charge in [0.25, 0.3) is 5.91 Å². The van der Waals surface area contributed by atoms with Gasteiger partial charge in [0.05, 0.1) is 16.9 Å². The van der Waals surface area contributed by atoms with Crippen LogP contribution >= 0.6 is 11.6 Å². The highest BCUT2D eigenvalue weighted by Crippen LogP contribution is 2.20.